The minimum absolute atomic E-state index is 0.266. The Hall–Kier alpha value is -0.400. The monoisotopic (exact) mass is 207 g/mol. The molecule has 5 nitrogen and oxygen atoms in total. The van der Waals surface area contributed by atoms with Crippen molar-refractivity contribution in [3.05, 3.63) is 0 Å². The van der Waals surface area contributed by atoms with E-state index >= 15 is 0 Å². The Labute approximate surface area is 77.6 Å². The Morgan fingerprint density at radius 2 is 2.08 bits per heavy atom. The van der Waals surface area contributed by atoms with Gasteiger partial charge in [0.1, 0.15) is 0 Å². The van der Waals surface area contributed by atoms with Crippen molar-refractivity contribution in [1.82, 2.24) is 0 Å². The van der Waals surface area contributed by atoms with Gasteiger partial charge in [-0.15, -0.1) is 0 Å². The zero-order valence-electron chi connectivity index (χ0n) is 7.73. The van der Waals surface area contributed by atoms with Gasteiger partial charge < -0.3 is 9.79 Å². The maximum absolute atomic E-state index is 10.6. The van der Waals surface area contributed by atoms with Gasteiger partial charge in [0.25, 0.3) is 0 Å². The molecular formula is C7H14NO4P. The standard InChI is InChI=1S/C7H14NO4P/c1-3-5-7(4-2,6-8)12-13(9,10)11/h3-5H2,1-2H3,(H2,9,10,11). The van der Waals surface area contributed by atoms with E-state index in [1.54, 1.807) is 6.92 Å². The van der Waals surface area contributed by atoms with Crippen LogP contribution in [0.3, 0.4) is 0 Å². The molecule has 0 aliphatic heterocycles. The van der Waals surface area contributed by atoms with Crippen LogP contribution in [0.4, 0.5) is 0 Å². The van der Waals surface area contributed by atoms with Gasteiger partial charge in [-0.25, -0.2) is 4.57 Å². The number of phosphoric ester groups is 1. The molecule has 6 heteroatoms. The van der Waals surface area contributed by atoms with Gasteiger partial charge in [-0.05, 0) is 12.8 Å². The van der Waals surface area contributed by atoms with Gasteiger partial charge in [0.15, 0.2) is 5.60 Å². The molecule has 0 heterocycles. The van der Waals surface area contributed by atoms with Gasteiger partial charge in [0.05, 0.1) is 6.07 Å². The first-order valence-corrected chi connectivity index (χ1v) is 5.59. The lowest BCUT2D eigenvalue weighted by atomic mass is 9.97. The van der Waals surface area contributed by atoms with Crippen LogP contribution in [0.25, 0.3) is 0 Å². The second kappa shape index (κ2) is 4.73. The van der Waals surface area contributed by atoms with Gasteiger partial charge in [-0.2, -0.15) is 5.26 Å². The minimum Gasteiger partial charge on any atom is -0.303 e. The second-order valence-corrected chi connectivity index (χ2v) is 3.96. The first-order valence-electron chi connectivity index (χ1n) is 4.06. The maximum atomic E-state index is 10.6. The molecule has 1 unspecified atom stereocenters. The molecule has 0 spiro atoms. The van der Waals surface area contributed by atoms with E-state index in [9.17, 15) is 4.57 Å². The Bertz CT molecular complexity index is 243. The predicted octanol–water partition coefficient (Wildman–Crippen LogP) is 1.57. The molecule has 0 amide bonds. The van der Waals surface area contributed by atoms with Crippen LogP contribution >= 0.6 is 7.82 Å². The van der Waals surface area contributed by atoms with E-state index in [-0.39, 0.29) is 6.42 Å². The molecule has 0 aliphatic rings. The van der Waals surface area contributed by atoms with Gasteiger partial charge in [0.2, 0.25) is 0 Å². The average molecular weight is 207 g/mol. The van der Waals surface area contributed by atoms with Crippen LogP contribution in [0.15, 0.2) is 0 Å². The first kappa shape index (κ1) is 12.6. The highest BCUT2D eigenvalue weighted by atomic mass is 31.2. The summed E-state index contributed by atoms with van der Waals surface area (Å²) in [6.45, 7) is 3.49. The molecule has 1 atom stereocenters. The Morgan fingerprint density at radius 1 is 1.54 bits per heavy atom. The van der Waals surface area contributed by atoms with Crippen molar-refractivity contribution in [3.8, 4) is 6.07 Å². The molecule has 0 aromatic rings. The third kappa shape index (κ3) is 4.39. The molecule has 76 valence electrons. The van der Waals surface area contributed by atoms with Crippen molar-refractivity contribution in [3.63, 3.8) is 0 Å². The van der Waals surface area contributed by atoms with Crippen LogP contribution in [0.5, 0.6) is 0 Å². The zero-order valence-corrected chi connectivity index (χ0v) is 8.62. The second-order valence-electron chi connectivity index (χ2n) is 2.79. The highest BCUT2D eigenvalue weighted by molar-refractivity contribution is 7.46. The summed E-state index contributed by atoms with van der Waals surface area (Å²) >= 11 is 0. The van der Waals surface area contributed by atoms with Crippen molar-refractivity contribution >= 4 is 7.82 Å². The molecule has 0 aromatic carbocycles. The van der Waals surface area contributed by atoms with E-state index < -0.39 is 13.4 Å². The summed E-state index contributed by atoms with van der Waals surface area (Å²) in [7, 11) is -4.57. The Kier molecular flexibility index (Phi) is 4.58. The SMILES string of the molecule is CCCC(C#N)(CC)OP(=O)(O)O. The molecule has 13 heavy (non-hydrogen) atoms. The molecule has 0 bridgehead atoms. The van der Waals surface area contributed by atoms with Crippen molar-refractivity contribution in [1.29, 1.82) is 5.26 Å². The largest absolute Gasteiger partial charge is 0.471 e. The number of nitrogens with zero attached hydrogens (tertiary/aromatic N) is 1. The van der Waals surface area contributed by atoms with Gasteiger partial charge in [-0.1, -0.05) is 20.3 Å². The van der Waals surface area contributed by atoms with Crippen LogP contribution in [-0.4, -0.2) is 15.4 Å². The number of rotatable bonds is 5. The Morgan fingerprint density at radius 3 is 2.31 bits per heavy atom. The molecular weight excluding hydrogens is 193 g/mol. The summed E-state index contributed by atoms with van der Waals surface area (Å²) in [5.74, 6) is 0. The third-order valence-electron chi connectivity index (χ3n) is 1.72. The number of hydrogen-bond acceptors (Lipinski definition) is 3. The average Bonchev–Trinajstić information content (AvgIpc) is 2.01. The quantitative estimate of drug-likeness (QED) is 0.667. The van der Waals surface area contributed by atoms with E-state index in [0.29, 0.717) is 12.8 Å². The van der Waals surface area contributed by atoms with E-state index in [1.807, 2.05) is 13.0 Å². The van der Waals surface area contributed by atoms with Crippen molar-refractivity contribution < 1.29 is 18.9 Å². The normalized spacial score (nSPS) is 16.2. The molecule has 0 radical (unpaired) electrons. The van der Waals surface area contributed by atoms with Crippen LogP contribution in [0, 0.1) is 11.3 Å². The van der Waals surface area contributed by atoms with Crippen molar-refractivity contribution in [2.24, 2.45) is 0 Å². The Balaban J connectivity index is 4.60. The molecule has 0 aromatic heterocycles. The smallest absolute Gasteiger partial charge is 0.303 e. The summed E-state index contributed by atoms with van der Waals surface area (Å²) in [6.07, 6.45) is 1.23. The fraction of sp³-hybridized carbons (Fsp3) is 0.857. The molecule has 0 rings (SSSR count). The molecule has 0 saturated heterocycles. The van der Waals surface area contributed by atoms with Crippen LogP contribution in [-0.2, 0) is 9.09 Å². The summed E-state index contributed by atoms with van der Waals surface area (Å²) in [5.41, 5.74) is -1.34. The molecule has 2 N–H and O–H groups in total. The van der Waals surface area contributed by atoms with E-state index in [1.165, 1.54) is 0 Å². The number of hydrogen-bond donors (Lipinski definition) is 2. The fourth-order valence-electron chi connectivity index (χ4n) is 1.07. The summed E-state index contributed by atoms with van der Waals surface area (Å²) in [5, 5.41) is 8.75. The molecule has 0 saturated carbocycles. The number of nitriles is 1. The third-order valence-corrected chi connectivity index (χ3v) is 2.31. The lowest BCUT2D eigenvalue weighted by molar-refractivity contribution is 0.0686. The molecule has 0 aliphatic carbocycles. The van der Waals surface area contributed by atoms with Gasteiger partial charge >= 0.3 is 7.82 Å². The summed E-state index contributed by atoms with van der Waals surface area (Å²) < 4.78 is 15.0. The van der Waals surface area contributed by atoms with Crippen LogP contribution in [0.2, 0.25) is 0 Å². The fourth-order valence-corrected chi connectivity index (χ4v) is 1.79. The van der Waals surface area contributed by atoms with Gasteiger partial charge in [0, 0.05) is 0 Å². The first-order chi connectivity index (χ1) is 5.89. The van der Waals surface area contributed by atoms with E-state index in [4.69, 9.17) is 15.0 Å². The van der Waals surface area contributed by atoms with E-state index in [0.717, 1.165) is 0 Å². The summed E-state index contributed by atoms with van der Waals surface area (Å²) in [6, 6.07) is 1.81. The van der Waals surface area contributed by atoms with E-state index in [2.05, 4.69) is 4.52 Å². The highest BCUT2D eigenvalue weighted by Crippen LogP contribution is 2.43. The highest BCUT2D eigenvalue weighted by Gasteiger charge is 2.35. The van der Waals surface area contributed by atoms with Crippen LogP contribution < -0.4 is 0 Å². The van der Waals surface area contributed by atoms with Crippen molar-refractivity contribution in [2.45, 2.75) is 38.7 Å². The molecule has 0 fully saturated rings. The zero-order chi connectivity index (χ0) is 10.5. The number of phosphoric acid groups is 1. The van der Waals surface area contributed by atoms with Gasteiger partial charge in [-0.3, -0.25) is 4.52 Å². The van der Waals surface area contributed by atoms with Crippen molar-refractivity contribution in [2.75, 3.05) is 0 Å². The topological polar surface area (TPSA) is 90.5 Å². The maximum Gasteiger partial charge on any atom is 0.471 e. The summed E-state index contributed by atoms with van der Waals surface area (Å²) in [4.78, 5) is 17.2. The lowest BCUT2D eigenvalue weighted by Crippen LogP contribution is -2.28. The predicted molar refractivity (Wildman–Crippen MR) is 46.7 cm³/mol. The minimum atomic E-state index is -4.57. The lowest BCUT2D eigenvalue weighted by Gasteiger charge is -2.24. The van der Waals surface area contributed by atoms with Crippen LogP contribution in [0.1, 0.15) is 33.1 Å².